The number of ether oxygens (including phenoxy) is 2. The van der Waals surface area contributed by atoms with E-state index in [1.807, 2.05) is 12.1 Å². The molecule has 0 aliphatic rings. The number of carbonyl (C=O) groups excluding carboxylic acids is 1. The molecular weight excluding hydrogens is 257 g/mol. The topological polar surface area (TPSA) is 47.6 Å². The molecule has 1 aromatic rings. The third-order valence-electron chi connectivity index (χ3n) is 1.74. The Morgan fingerprint density at radius 2 is 2.27 bits per heavy atom. The fraction of sp³-hybridized carbons (Fsp3) is 0.300. The summed E-state index contributed by atoms with van der Waals surface area (Å²) in [6.45, 7) is 2.11. The van der Waals surface area contributed by atoms with E-state index in [2.05, 4.69) is 5.32 Å². The van der Waals surface area contributed by atoms with Gasteiger partial charge in [-0.1, -0.05) is 0 Å². The molecule has 0 spiro atoms. The van der Waals surface area contributed by atoms with Crippen LogP contribution in [-0.4, -0.2) is 36.7 Å². The second-order valence-corrected chi connectivity index (χ2v) is 4.20. The fourth-order valence-corrected chi connectivity index (χ4v) is 1.61. The molecule has 15 heavy (non-hydrogen) atoms. The molecule has 0 fully saturated rings. The average Bonchev–Trinajstić information content (AvgIpc) is 2.21. The van der Waals surface area contributed by atoms with Crippen LogP contribution in [0.5, 0.6) is 5.75 Å². The summed E-state index contributed by atoms with van der Waals surface area (Å²) in [6.07, 6.45) is -0.467. The molecule has 1 unspecified atom stereocenters. The zero-order valence-electron chi connectivity index (χ0n) is 8.74. The Morgan fingerprint density at radius 1 is 1.53 bits per heavy atom. The number of rotatable bonds is 3. The molecule has 0 saturated heterocycles. The van der Waals surface area contributed by atoms with Gasteiger partial charge in [-0.25, -0.2) is 0 Å². The van der Waals surface area contributed by atoms with E-state index in [0.29, 0.717) is 18.0 Å². The number of amides is 1. The van der Waals surface area contributed by atoms with Gasteiger partial charge in [0, 0.05) is 0 Å². The Labute approximate surface area is 97.5 Å². The first-order chi connectivity index (χ1) is 7.17. The summed E-state index contributed by atoms with van der Waals surface area (Å²) in [4.78, 5) is 11.2. The van der Waals surface area contributed by atoms with E-state index in [-0.39, 0.29) is 0 Å². The third-order valence-corrected chi connectivity index (χ3v) is 2.49. The van der Waals surface area contributed by atoms with Crippen LogP contribution in [0.1, 0.15) is 6.92 Å². The molecule has 0 saturated carbocycles. The molecule has 0 radical (unpaired) electrons. The summed E-state index contributed by atoms with van der Waals surface area (Å²) >= 11 is 1.50. The van der Waals surface area contributed by atoms with Crippen molar-refractivity contribution in [3.63, 3.8) is 0 Å². The predicted octanol–water partition coefficient (Wildman–Crippen LogP) is 0.522. The summed E-state index contributed by atoms with van der Waals surface area (Å²) in [7, 11) is 1.57. The van der Waals surface area contributed by atoms with Gasteiger partial charge in [0.15, 0.2) is 0 Å². The molecule has 0 aliphatic heterocycles. The predicted molar refractivity (Wildman–Crippen MR) is 61.8 cm³/mol. The SMILES string of the molecule is CCOC(=O)Nc1ccc([AsH2])cc1OC. The number of methoxy groups -OCH3 is 1. The van der Waals surface area contributed by atoms with Gasteiger partial charge in [-0.05, 0) is 0 Å². The quantitative estimate of drug-likeness (QED) is 0.815. The number of carbonyl (C=O) groups is 1. The van der Waals surface area contributed by atoms with Crippen molar-refractivity contribution in [3.8, 4) is 5.75 Å². The van der Waals surface area contributed by atoms with Gasteiger partial charge in [0.25, 0.3) is 0 Å². The van der Waals surface area contributed by atoms with Crippen molar-refractivity contribution in [1.29, 1.82) is 0 Å². The first-order valence-corrected chi connectivity index (χ1v) is 5.75. The Hall–Kier alpha value is -1.15. The van der Waals surface area contributed by atoms with Gasteiger partial charge in [0.05, 0.1) is 0 Å². The van der Waals surface area contributed by atoms with E-state index >= 15 is 0 Å². The molecule has 1 N–H and O–H groups in total. The van der Waals surface area contributed by atoms with Crippen LogP contribution in [0, 0.1) is 0 Å². The first-order valence-electron chi connectivity index (χ1n) is 4.54. The summed E-state index contributed by atoms with van der Waals surface area (Å²) in [5.41, 5.74) is 0.623. The molecular formula is C10H14AsNO3. The summed E-state index contributed by atoms with van der Waals surface area (Å²) in [6, 6.07) is 5.60. The Balaban J connectivity index is 2.80. The van der Waals surface area contributed by atoms with Crippen molar-refractivity contribution in [2.45, 2.75) is 6.92 Å². The molecule has 1 atom stereocenters. The monoisotopic (exact) mass is 271 g/mol. The second-order valence-electron chi connectivity index (χ2n) is 2.81. The van der Waals surface area contributed by atoms with Crippen LogP contribution in [0.3, 0.4) is 0 Å². The van der Waals surface area contributed by atoms with Crippen molar-refractivity contribution in [2.24, 2.45) is 0 Å². The van der Waals surface area contributed by atoms with Crippen LogP contribution < -0.4 is 14.4 Å². The van der Waals surface area contributed by atoms with E-state index in [0.717, 1.165) is 4.35 Å². The Morgan fingerprint density at radius 3 is 2.87 bits per heavy atom. The first kappa shape index (κ1) is 11.9. The van der Waals surface area contributed by atoms with Crippen LogP contribution in [0.2, 0.25) is 0 Å². The van der Waals surface area contributed by atoms with Gasteiger partial charge in [0.2, 0.25) is 0 Å². The zero-order chi connectivity index (χ0) is 11.3. The standard InChI is InChI=1S/C10H14AsNO3/c1-3-15-10(13)12-8-5-4-7(11)6-9(8)14-2/h4-6H,3,11H2,1-2H3,(H,12,13). The molecule has 5 heteroatoms. The molecule has 0 bridgehead atoms. The molecule has 4 nitrogen and oxygen atoms in total. The zero-order valence-corrected chi connectivity index (χ0v) is 11.2. The number of nitrogens with one attached hydrogen (secondary N) is 1. The van der Waals surface area contributed by atoms with Gasteiger partial charge in [-0.2, -0.15) is 0 Å². The molecule has 82 valence electrons. The van der Waals surface area contributed by atoms with Crippen LogP contribution in [0.15, 0.2) is 18.2 Å². The van der Waals surface area contributed by atoms with Crippen LogP contribution >= 0.6 is 0 Å². The van der Waals surface area contributed by atoms with Crippen molar-refractivity contribution < 1.29 is 14.3 Å². The van der Waals surface area contributed by atoms with Gasteiger partial charge in [-0.15, -0.1) is 0 Å². The van der Waals surface area contributed by atoms with E-state index in [4.69, 9.17) is 9.47 Å². The molecule has 0 heterocycles. The second kappa shape index (κ2) is 5.66. The van der Waals surface area contributed by atoms with Crippen LogP contribution in [0.4, 0.5) is 10.5 Å². The number of hydrogen-bond donors (Lipinski definition) is 1. The van der Waals surface area contributed by atoms with Crippen molar-refractivity contribution in [2.75, 3.05) is 19.0 Å². The van der Waals surface area contributed by atoms with Crippen molar-refractivity contribution >= 4 is 33.0 Å². The Kier molecular flexibility index (Phi) is 4.50. The molecule has 1 aromatic carbocycles. The van der Waals surface area contributed by atoms with E-state index < -0.39 is 6.09 Å². The van der Waals surface area contributed by atoms with Crippen molar-refractivity contribution in [1.82, 2.24) is 0 Å². The normalized spacial score (nSPS) is 9.53. The average molecular weight is 271 g/mol. The van der Waals surface area contributed by atoms with Gasteiger partial charge in [-0.3, -0.25) is 0 Å². The molecule has 0 aliphatic carbocycles. The maximum atomic E-state index is 11.2. The van der Waals surface area contributed by atoms with E-state index in [1.54, 1.807) is 20.1 Å². The van der Waals surface area contributed by atoms with E-state index in [1.165, 1.54) is 16.9 Å². The summed E-state index contributed by atoms with van der Waals surface area (Å²) in [5.74, 6) is 0.643. The minimum absolute atomic E-state index is 0.350. The van der Waals surface area contributed by atoms with Gasteiger partial charge < -0.3 is 0 Å². The molecule has 1 amide bonds. The Bertz CT molecular complexity index is 355. The number of hydrogen-bond acceptors (Lipinski definition) is 3. The van der Waals surface area contributed by atoms with Gasteiger partial charge in [0.1, 0.15) is 0 Å². The molecule has 0 aromatic heterocycles. The number of anilines is 1. The van der Waals surface area contributed by atoms with Gasteiger partial charge >= 0.3 is 97.2 Å². The molecule has 1 rings (SSSR count). The van der Waals surface area contributed by atoms with Crippen LogP contribution in [-0.2, 0) is 4.74 Å². The minimum atomic E-state index is -0.467. The summed E-state index contributed by atoms with van der Waals surface area (Å²) in [5, 5.41) is 2.61. The maximum absolute atomic E-state index is 11.2. The fourth-order valence-electron chi connectivity index (χ4n) is 1.09. The van der Waals surface area contributed by atoms with E-state index in [9.17, 15) is 4.79 Å². The summed E-state index contributed by atoms with van der Waals surface area (Å²) < 4.78 is 11.1. The third kappa shape index (κ3) is 3.48. The van der Waals surface area contributed by atoms with Crippen LogP contribution in [0.25, 0.3) is 0 Å². The number of benzene rings is 1. The van der Waals surface area contributed by atoms with Crippen molar-refractivity contribution in [3.05, 3.63) is 18.2 Å².